The minimum absolute atomic E-state index is 0.931. The fraction of sp³-hybridized carbons (Fsp3) is 0. The molecule has 222 valence electrons. The average Bonchev–Trinajstić information content (AvgIpc) is 3.17. The molecule has 0 aliphatic rings. The fourth-order valence-electron chi connectivity index (χ4n) is 7.37. The normalized spacial score (nSPS) is 11.8. The maximum Gasteiger partial charge on any atom is 0.0972 e. The highest BCUT2D eigenvalue weighted by Crippen LogP contribution is 2.43. The quantitative estimate of drug-likeness (QED) is 0.187. The number of para-hydroxylation sites is 1. The SMILES string of the molecule is c1cnc2c(c1)ccc1ccc(-c3ccc(-c4ccc(-c5nc6ccccc6c6c7ccccc7c7ccccc7c56)cc4)cc3)nc12. The van der Waals surface area contributed by atoms with Crippen LogP contribution in [0.2, 0.25) is 0 Å². The van der Waals surface area contributed by atoms with Crippen molar-refractivity contribution in [3.63, 3.8) is 0 Å². The lowest BCUT2D eigenvalue weighted by atomic mass is 9.89. The van der Waals surface area contributed by atoms with Crippen molar-refractivity contribution in [3.05, 3.63) is 164 Å². The second kappa shape index (κ2) is 10.5. The van der Waals surface area contributed by atoms with Gasteiger partial charge in [0.25, 0.3) is 0 Å². The van der Waals surface area contributed by atoms with E-state index in [1.165, 1.54) is 37.7 Å². The van der Waals surface area contributed by atoms with Crippen LogP contribution in [0.4, 0.5) is 0 Å². The molecule has 10 rings (SSSR count). The van der Waals surface area contributed by atoms with Gasteiger partial charge in [-0.1, -0.05) is 140 Å². The highest BCUT2D eigenvalue weighted by atomic mass is 14.8. The topological polar surface area (TPSA) is 38.7 Å². The summed E-state index contributed by atoms with van der Waals surface area (Å²) >= 11 is 0. The molecule has 48 heavy (non-hydrogen) atoms. The van der Waals surface area contributed by atoms with Gasteiger partial charge in [0.2, 0.25) is 0 Å². The van der Waals surface area contributed by atoms with Gasteiger partial charge in [-0.3, -0.25) is 4.98 Å². The minimum Gasteiger partial charge on any atom is -0.254 e. The lowest BCUT2D eigenvalue weighted by Crippen LogP contribution is -1.93. The van der Waals surface area contributed by atoms with Crippen LogP contribution >= 0.6 is 0 Å². The van der Waals surface area contributed by atoms with E-state index in [4.69, 9.17) is 9.97 Å². The summed E-state index contributed by atoms with van der Waals surface area (Å²) in [6, 6.07) is 56.0. The number of pyridine rings is 3. The van der Waals surface area contributed by atoms with E-state index in [-0.39, 0.29) is 0 Å². The van der Waals surface area contributed by atoms with E-state index < -0.39 is 0 Å². The lowest BCUT2D eigenvalue weighted by molar-refractivity contribution is 1.37. The summed E-state index contributed by atoms with van der Waals surface area (Å²) in [4.78, 5) is 15.0. The van der Waals surface area contributed by atoms with Crippen LogP contribution in [0.1, 0.15) is 0 Å². The molecule has 0 unspecified atom stereocenters. The van der Waals surface area contributed by atoms with Crippen molar-refractivity contribution in [2.75, 3.05) is 0 Å². The first-order valence-corrected chi connectivity index (χ1v) is 16.3. The first-order valence-electron chi connectivity index (χ1n) is 16.3. The number of nitrogens with zero attached hydrogens (tertiary/aromatic N) is 3. The molecule has 0 radical (unpaired) electrons. The van der Waals surface area contributed by atoms with Gasteiger partial charge in [0.1, 0.15) is 0 Å². The molecule has 0 fully saturated rings. The molecule has 3 heteroatoms. The molecule has 0 atom stereocenters. The Bertz CT molecular complexity index is 2870. The Balaban J connectivity index is 1.08. The van der Waals surface area contributed by atoms with E-state index in [2.05, 4.69) is 157 Å². The maximum absolute atomic E-state index is 5.31. The summed E-state index contributed by atoms with van der Waals surface area (Å²) < 4.78 is 0. The van der Waals surface area contributed by atoms with Crippen molar-refractivity contribution >= 4 is 65.0 Å². The van der Waals surface area contributed by atoms with Crippen molar-refractivity contribution in [2.45, 2.75) is 0 Å². The van der Waals surface area contributed by atoms with Crippen molar-refractivity contribution < 1.29 is 0 Å². The lowest BCUT2D eigenvalue weighted by Gasteiger charge is -2.16. The molecule has 3 heterocycles. The van der Waals surface area contributed by atoms with Gasteiger partial charge in [-0.2, -0.15) is 0 Å². The molecule has 0 saturated carbocycles. The summed E-state index contributed by atoms with van der Waals surface area (Å²) in [6.45, 7) is 0. The van der Waals surface area contributed by atoms with Gasteiger partial charge in [-0.05, 0) is 50.9 Å². The van der Waals surface area contributed by atoms with Gasteiger partial charge in [0.15, 0.2) is 0 Å². The van der Waals surface area contributed by atoms with E-state index in [1.807, 2.05) is 12.3 Å². The molecule has 0 spiro atoms. The summed E-state index contributed by atoms with van der Waals surface area (Å²) in [7, 11) is 0. The highest BCUT2D eigenvalue weighted by Gasteiger charge is 2.17. The number of rotatable bonds is 3. The van der Waals surface area contributed by atoms with Gasteiger partial charge < -0.3 is 0 Å². The molecule has 0 N–H and O–H groups in total. The fourth-order valence-corrected chi connectivity index (χ4v) is 7.37. The van der Waals surface area contributed by atoms with E-state index in [0.717, 1.165) is 61.0 Å². The molecule has 10 aromatic rings. The first kappa shape index (κ1) is 26.7. The molecule has 7 aromatic carbocycles. The zero-order valence-electron chi connectivity index (χ0n) is 25.9. The molecule has 0 amide bonds. The summed E-state index contributed by atoms with van der Waals surface area (Å²) in [5.74, 6) is 0. The van der Waals surface area contributed by atoms with Gasteiger partial charge in [-0.15, -0.1) is 0 Å². The zero-order valence-corrected chi connectivity index (χ0v) is 25.9. The first-order chi connectivity index (χ1) is 23.8. The predicted octanol–water partition coefficient (Wildman–Crippen LogP) is 11.8. The number of hydrogen-bond acceptors (Lipinski definition) is 3. The summed E-state index contributed by atoms with van der Waals surface area (Å²) in [5.41, 5.74) is 9.33. The average molecular weight is 610 g/mol. The van der Waals surface area contributed by atoms with E-state index in [9.17, 15) is 0 Å². The van der Waals surface area contributed by atoms with Crippen LogP contribution in [0.5, 0.6) is 0 Å². The van der Waals surface area contributed by atoms with Crippen molar-refractivity contribution in [1.82, 2.24) is 15.0 Å². The minimum atomic E-state index is 0.931. The monoisotopic (exact) mass is 609 g/mol. The standard InChI is InChI=1S/C45H27N3/c1-3-11-36-34(9-1)35-10-2-4-12-37(35)42-41(36)38-13-5-6-14-40(38)48-43(42)32-21-17-29(18-22-32)28-15-19-30(20-16-28)39-26-25-33-24-23-31-8-7-27-46-44(31)45(33)47-39/h1-27H. The molecular weight excluding hydrogens is 583 g/mol. The van der Waals surface area contributed by atoms with Gasteiger partial charge in [0, 0.05) is 44.3 Å². The number of aromatic nitrogens is 3. The third-order valence-electron chi connectivity index (χ3n) is 9.68. The smallest absolute Gasteiger partial charge is 0.0972 e. The Hall–Kier alpha value is -6.45. The Morgan fingerprint density at radius 2 is 0.875 bits per heavy atom. The van der Waals surface area contributed by atoms with Crippen LogP contribution in [-0.2, 0) is 0 Å². The Morgan fingerprint density at radius 1 is 0.333 bits per heavy atom. The highest BCUT2D eigenvalue weighted by molar-refractivity contribution is 6.33. The number of fused-ring (bicyclic) bond motifs is 11. The van der Waals surface area contributed by atoms with Gasteiger partial charge in [0.05, 0.1) is 27.9 Å². The Kier molecular flexibility index (Phi) is 5.87. The largest absolute Gasteiger partial charge is 0.254 e. The van der Waals surface area contributed by atoms with Gasteiger partial charge in [-0.25, -0.2) is 9.97 Å². The maximum atomic E-state index is 5.31. The zero-order chi connectivity index (χ0) is 31.6. The third kappa shape index (κ3) is 4.11. The Morgan fingerprint density at radius 3 is 1.58 bits per heavy atom. The van der Waals surface area contributed by atoms with E-state index >= 15 is 0 Å². The molecule has 3 nitrogen and oxygen atoms in total. The predicted molar refractivity (Wildman–Crippen MR) is 201 cm³/mol. The summed E-state index contributed by atoms with van der Waals surface area (Å²) in [6.07, 6.45) is 1.83. The van der Waals surface area contributed by atoms with Crippen LogP contribution in [0.3, 0.4) is 0 Å². The summed E-state index contributed by atoms with van der Waals surface area (Å²) in [5, 5.41) is 10.8. The van der Waals surface area contributed by atoms with Crippen LogP contribution in [0.25, 0.3) is 98.7 Å². The van der Waals surface area contributed by atoms with E-state index in [0.29, 0.717) is 0 Å². The van der Waals surface area contributed by atoms with Crippen LogP contribution in [-0.4, -0.2) is 15.0 Å². The molecule has 0 aliphatic carbocycles. The molecule has 0 aliphatic heterocycles. The van der Waals surface area contributed by atoms with Crippen molar-refractivity contribution in [2.24, 2.45) is 0 Å². The molecule has 0 saturated heterocycles. The number of hydrogen-bond donors (Lipinski definition) is 0. The third-order valence-corrected chi connectivity index (χ3v) is 9.68. The number of benzene rings is 7. The Labute approximate surface area is 276 Å². The molecule has 0 bridgehead atoms. The van der Waals surface area contributed by atoms with Crippen LogP contribution in [0.15, 0.2) is 164 Å². The molecular formula is C45H27N3. The van der Waals surface area contributed by atoms with Gasteiger partial charge >= 0.3 is 0 Å². The van der Waals surface area contributed by atoms with Crippen LogP contribution < -0.4 is 0 Å². The van der Waals surface area contributed by atoms with E-state index in [1.54, 1.807) is 0 Å². The molecule has 3 aromatic heterocycles. The second-order valence-electron chi connectivity index (χ2n) is 12.4. The van der Waals surface area contributed by atoms with Crippen molar-refractivity contribution in [1.29, 1.82) is 0 Å². The van der Waals surface area contributed by atoms with Crippen LogP contribution in [0, 0.1) is 0 Å². The van der Waals surface area contributed by atoms with Crippen molar-refractivity contribution in [3.8, 4) is 33.6 Å². The second-order valence-corrected chi connectivity index (χ2v) is 12.4.